The van der Waals surface area contributed by atoms with Gasteiger partial charge >= 0.3 is 5.97 Å². The molecule has 1 saturated heterocycles. The Morgan fingerprint density at radius 3 is 2.94 bits per heavy atom. The van der Waals surface area contributed by atoms with Gasteiger partial charge in [-0.2, -0.15) is 0 Å². The number of carbonyl (C=O) groups is 1. The highest BCUT2D eigenvalue weighted by molar-refractivity contribution is 9.10. The first-order valence-corrected chi connectivity index (χ1v) is 6.65. The lowest BCUT2D eigenvalue weighted by molar-refractivity contribution is 0.0696. The van der Waals surface area contributed by atoms with E-state index in [-0.39, 0.29) is 0 Å². The van der Waals surface area contributed by atoms with Crippen LogP contribution in [0.4, 0.5) is 5.69 Å². The number of nitrogens with zero attached hydrogens (tertiary/aromatic N) is 1. The number of anilines is 1. The van der Waals surface area contributed by atoms with Gasteiger partial charge < -0.3 is 10.0 Å². The topological polar surface area (TPSA) is 40.5 Å². The van der Waals surface area contributed by atoms with Crippen LogP contribution < -0.4 is 4.90 Å². The molecule has 4 heteroatoms. The molecule has 0 aliphatic carbocycles. The van der Waals surface area contributed by atoms with E-state index in [1.807, 2.05) is 12.1 Å². The first-order valence-electron chi connectivity index (χ1n) is 5.86. The van der Waals surface area contributed by atoms with E-state index in [0.717, 1.165) is 25.2 Å². The summed E-state index contributed by atoms with van der Waals surface area (Å²) in [5.41, 5.74) is 1.21. The van der Waals surface area contributed by atoms with Crippen molar-refractivity contribution >= 4 is 27.6 Å². The second-order valence-electron chi connectivity index (χ2n) is 4.63. The lowest BCUT2D eigenvalue weighted by atomic mass is 9.99. The van der Waals surface area contributed by atoms with Crippen molar-refractivity contribution in [3.8, 4) is 0 Å². The maximum absolute atomic E-state index is 11.3. The zero-order valence-corrected chi connectivity index (χ0v) is 11.4. The second-order valence-corrected chi connectivity index (χ2v) is 5.49. The number of halogens is 1. The summed E-state index contributed by atoms with van der Waals surface area (Å²) in [5.74, 6) is -0.241. The Kier molecular flexibility index (Phi) is 3.72. The summed E-state index contributed by atoms with van der Waals surface area (Å²) >= 11 is 3.32. The summed E-state index contributed by atoms with van der Waals surface area (Å²) < 4.78 is 0.653. The summed E-state index contributed by atoms with van der Waals surface area (Å²) in [4.78, 5) is 13.5. The fourth-order valence-corrected chi connectivity index (χ4v) is 2.92. The number of aromatic carboxylic acids is 1. The normalized spacial score (nSPS) is 20.4. The highest BCUT2D eigenvalue weighted by Gasteiger charge is 2.22. The third-order valence-corrected chi connectivity index (χ3v) is 3.86. The maximum atomic E-state index is 11.3. The molecule has 1 heterocycles. The number of carboxylic acids is 1. The molecule has 0 aromatic heterocycles. The average molecular weight is 298 g/mol. The van der Waals surface area contributed by atoms with Crippen LogP contribution >= 0.6 is 15.9 Å². The third-order valence-electron chi connectivity index (χ3n) is 3.20. The minimum atomic E-state index is -0.870. The minimum Gasteiger partial charge on any atom is -0.478 e. The molecule has 1 unspecified atom stereocenters. The number of piperidine rings is 1. The number of hydrogen-bond donors (Lipinski definition) is 1. The lowest BCUT2D eigenvalue weighted by Gasteiger charge is -2.33. The van der Waals surface area contributed by atoms with Gasteiger partial charge in [-0.3, -0.25) is 0 Å². The Hall–Kier alpha value is -1.03. The molecule has 0 spiro atoms. The van der Waals surface area contributed by atoms with Gasteiger partial charge in [0.05, 0.1) is 11.3 Å². The number of carboxylic acid groups (broad SMARTS) is 1. The minimum absolute atomic E-state index is 0.376. The van der Waals surface area contributed by atoms with Crippen molar-refractivity contribution in [2.24, 2.45) is 5.92 Å². The first-order chi connectivity index (χ1) is 8.09. The van der Waals surface area contributed by atoms with Gasteiger partial charge in [-0.25, -0.2) is 4.79 Å². The molecule has 1 atom stereocenters. The quantitative estimate of drug-likeness (QED) is 0.910. The van der Waals surface area contributed by atoms with E-state index < -0.39 is 5.97 Å². The van der Waals surface area contributed by atoms with Crippen molar-refractivity contribution < 1.29 is 9.90 Å². The summed E-state index contributed by atoms with van der Waals surface area (Å²) in [6.07, 6.45) is 2.36. The van der Waals surface area contributed by atoms with Gasteiger partial charge in [0.15, 0.2) is 0 Å². The van der Waals surface area contributed by atoms with Crippen molar-refractivity contribution in [3.05, 3.63) is 28.2 Å². The van der Waals surface area contributed by atoms with E-state index in [2.05, 4.69) is 27.8 Å². The molecule has 17 heavy (non-hydrogen) atoms. The van der Waals surface area contributed by atoms with Gasteiger partial charge in [-0.15, -0.1) is 0 Å². The maximum Gasteiger partial charge on any atom is 0.338 e. The van der Waals surface area contributed by atoms with Gasteiger partial charge in [0, 0.05) is 17.6 Å². The van der Waals surface area contributed by atoms with Gasteiger partial charge in [0.2, 0.25) is 0 Å². The number of rotatable bonds is 2. The molecule has 1 aromatic carbocycles. The van der Waals surface area contributed by atoms with E-state index in [1.54, 1.807) is 6.07 Å². The zero-order valence-electron chi connectivity index (χ0n) is 9.82. The molecule has 0 bridgehead atoms. The molecule has 1 aromatic rings. The smallest absolute Gasteiger partial charge is 0.338 e. The summed E-state index contributed by atoms with van der Waals surface area (Å²) in [6, 6.07) is 5.57. The van der Waals surface area contributed by atoms with Crippen LogP contribution in [-0.2, 0) is 0 Å². The van der Waals surface area contributed by atoms with Gasteiger partial charge in [0.25, 0.3) is 0 Å². The Bertz CT molecular complexity index is 433. The van der Waals surface area contributed by atoms with Crippen LogP contribution in [-0.4, -0.2) is 24.2 Å². The predicted octanol–water partition coefficient (Wildman–Crippen LogP) is 3.38. The molecule has 0 radical (unpaired) electrons. The van der Waals surface area contributed by atoms with Crippen molar-refractivity contribution in [1.82, 2.24) is 0 Å². The molecule has 2 rings (SSSR count). The first kappa shape index (κ1) is 12.4. The Labute approximate surface area is 110 Å². The Morgan fingerprint density at radius 1 is 1.53 bits per heavy atom. The fourth-order valence-electron chi connectivity index (χ4n) is 2.40. The van der Waals surface area contributed by atoms with Crippen molar-refractivity contribution in [2.45, 2.75) is 19.8 Å². The van der Waals surface area contributed by atoms with Crippen molar-refractivity contribution in [1.29, 1.82) is 0 Å². The molecule has 1 aliphatic heterocycles. The molecular formula is C13H16BrNO2. The van der Waals surface area contributed by atoms with Crippen molar-refractivity contribution in [3.63, 3.8) is 0 Å². The largest absolute Gasteiger partial charge is 0.478 e. The molecular weight excluding hydrogens is 282 g/mol. The lowest BCUT2D eigenvalue weighted by Crippen LogP contribution is -2.35. The molecule has 0 saturated carbocycles. The summed E-state index contributed by atoms with van der Waals surface area (Å²) in [6.45, 7) is 4.10. The van der Waals surface area contributed by atoms with Crippen LogP contribution in [0, 0.1) is 5.92 Å². The predicted molar refractivity (Wildman–Crippen MR) is 71.7 cm³/mol. The van der Waals surface area contributed by atoms with Crippen LogP contribution in [0.1, 0.15) is 30.1 Å². The molecule has 1 aliphatic rings. The second kappa shape index (κ2) is 5.08. The van der Waals surface area contributed by atoms with Crippen LogP contribution in [0.15, 0.2) is 22.7 Å². The molecule has 1 N–H and O–H groups in total. The molecule has 3 nitrogen and oxygen atoms in total. The highest BCUT2D eigenvalue weighted by atomic mass is 79.9. The zero-order chi connectivity index (χ0) is 12.4. The van der Waals surface area contributed by atoms with Crippen LogP contribution in [0.2, 0.25) is 0 Å². The van der Waals surface area contributed by atoms with E-state index in [9.17, 15) is 9.90 Å². The molecule has 1 fully saturated rings. The molecule has 92 valence electrons. The Balaban J connectivity index is 2.37. The summed E-state index contributed by atoms with van der Waals surface area (Å²) in [5, 5.41) is 9.29. The average Bonchev–Trinajstić information content (AvgIpc) is 2.28. The Morgan fingerprint density at radius 2 is 2.29 bits per heavy atom. The number of benzene rings is 1. The van der Waals surface area contributed by atoms with E-state index in [1.165, 1.54) is 6.42 Å². The van der Waals surface area contributed by atoms with Crippen molar-refractivity contribution in [2.75, 3.05) is 18.0 Å². The SMILES string of the molecule is CC1CCCN(c2cccc(Br)c2C(=O)O)C1. The summed E-state index contributed by atoms with van der Waals surface area (Å²) in [7, 11) is 0. The monoisotopic (exact) mass is 297 g/mol. The van der Waals surface area contributed by atoms with Crippen LogP contribution in [0.3, 0.4) is 0 Å². The van der Waals surface area contributed by atoms with E-state index >= 15 is 0 Å². The molecule has 0 amide bonds. The fraction of sp³-hybridized carbons (Fsp3) is 0.462. The van der Waals surface area contributed by atoms with Crippen LogP contribution in [0.25, 0.3) is 0 Å². The van der Waals surface area contributed by atoms with Gasteiger partial charge in [-0.05, 0) is 46.8 Å². The standard InChI is InChI=1S/C13H16BrNO2/c1-9-4-3-7-15(8-9)11-6-2-5-10(14)12(11)13(16)17/h2,5-6,9H,3-4,7-8H2,1H3,(H,16,17). The van der Waals surface area contributed by atoms with Crippen LogP contribution in [0.5, 0.6) is 0 Å². The van der Waals surface area contributed by atoms with Gasteiger partial charge in [-0.1, -0.05) is 13.0 Å². The third kappa shape index (κ3) is 2.63. The number of hydrogen-bond acceptors (Lipinski definition) is 2. The van der Waals surface area contributed by atoms with E-state index in [4.69, 9.17) is 0 Å². The van der Waals surface area contributed by atoms with E-state index in [0.29, 0.717) is 16.0 Å². The highest BCUT2D eigenvalue weighted by Crippen LogP contribution is 2.30. The van der Waals surface area contributed by atoms with Gasteiger partial charge in [0.1, 0.15) is 0 Å².